The fourth-order valence-electron chi connectivity index (χ4n) is 2.23. The van der Waals surface area contributed by atoms with Gasteiger partial charge in [0.25, 0.3) is 0 Å². The molecule has 1 heteroatoms. The first-order chi connectivity index (χ1) is 8.27. The van der Waals surface area contributed by atoms with Crippen molar-refractivity contribution in [3.63, 3.8) is 0 Å². The molecule has 1 rings (SSSR count). The molecule has 0 aromatic heterocycles. The quantitative estimate of drug-likeness (QED) is 0.605. The van der Waals surface area contributed by atoms with Gasteiger partial charge in [0.1, 0.15) is 0 Å². The minimum absolute atomic E-state index is 0.792. The zero-order chi connectivity index (χ0) is 12.5. The molecule has 0 spiro atoms. The van der Waals surface area contributed by atoms with E-state index in [1.54, 1.807) is 0 Å². The van der Waals surface area contributed by atoms with Crippen molar-refractivity contribution < 1.29 is 0 Å². The van der Waals surface area contributed by atoms with E-state index < -0.39 is 0 Å². The van der Waals surface area contributed by atoms with Gasteiger partial charge in [0.2, 0.25) is 0 Å². The van der Waals surface area contributed by atoms with E-state index in [1.165, 1.54) is 37.8 Å². The Morgan fingerprint density at radius 3 is 2.65 bits per heavy atom. The molecule has 0 fully saturated rings. The molecule has 0 saturated carbocycles. The Morgan fingerprint density at radius 2 is 1.94 bits per heavy atom. The number of allylic oxidation sites excluding steroid dienone is 5. The van der Waals surface area contributed by atoms with Crippen LogP contribution in [-0.2, 0) is 0 Å². The van der Waals surface area contributed by atoms with Crippen LogP contribution in [0.4, 0.5) is 0 Å². The van der Waals surface area contributed by atoms with Crippen LogP contribution >= 0.6 is 0 Å². The fourth-order valence-corrected chi connectivity index (χ4v) is 2.23. The maximum absolute atomic E-state index is 2.41. The summed E-state index contributed by atoms with van der Waals surface area (Å²) in [6.07, 6.45) is 17.3. The van der Waals surface area contributed by atoms with Gasteiger partial charge >= 0.3 is 0 Å². The van der Waals surface area contributed by atoms with E-state index in [-0.39, 0.29) is 0 Å². The van der Waals surface area contributed by atoms with E-state index >= 15 is 0 Å². The van der Waals surface area contributed by atoms with Gasteiger partial charge in [-0.1, -0.05) is 52.2 Å². The van der Waals surface area contributed by atoms with Gasteiger partial charge in [0, 0.05) is 18.4 Å². The molecule has 0 aromatic rings. The molecule has 1 aliphatic rings. The second kappa shape index (κ2) is 8.16. The smallest absolute Gasteiger partial charge is 0.0219 e. The first-order valence-corrected chi connectivity index (χ1v) is 7.08. The molecule has 0 amide bonds. The maximum Gasteiger partial charge on any atom is 0.0219 e. The summed E-state index contributed by atoms with van der Waals surface area (Å²) < 4.78 is 0. The summed E-state index contributed by atoms with van der Waals surface area (Å²) in [5.74, 6) is 0.792. The third-order valence-electron chi connectivity index (χ3n) is 3.22. The molecule has 0 N–H and O–H groups in total. The van der Waals surface area contributed by atoms with E-state index in [0.717, 1.165) is 12.5 Å². The highest BCUT2D eigenvalue weighted by Gasteiger charge is 2.10. The molecule has 0 radical (unpaired) electrons. The average molecular weight is 233 g/mol. The highest BCUT2D eigenvalue weighted by Crippen LogP contribution is 2.22. The predicted molar refractivity (Wildman–Crippen MR) is 76.7 cm³/mol. The van der Waals surface area contributed by atoms with E-state index in [4.69, 9.17) is 0 Å². The fraction of sp³-hybridized carbons (Fsp3) is 0.625. The normalized spacial score (nSPS) is 16.9. The summed E-state index contributed by atoms with van der Waals surface area (Å²) in [4.78, 5) is 2.41. The molecule has 17 heavy (non-hydrogen) atoms. The molecule has 1 nitrogen and oxygen atoms in total. The lowest BCUT2D eigenvalue weighted by atomic mass is 9.98. The van der Waals surface area contributed by atoms with Gasteiger partial charge in [-0.25, -0.2) is 0 Å². The highest BCUT2D eigenvalue weighted by molar-refractivity contribution is 5.22. The Balaban J connectivity index is 2.55. The second-order valence-electron chi connectivity index (χ2n) is 5.03. The topological polar surface area (TPSA) is 3.24 Å². The molecule has 1 heterocycles. The highest BCUT2D eigenvalue weighted by atomic mass is 15.1. The number of unbranched alkanes of at least 4 members (excludes halogenated alkanes) is 1. The summed E-state index contributed by atoms with van der Waals surface area (Å²) in [5, 5.41) is 0. The summed E-state index contributed by atoms with van der Waals surface area (Å²) in [6, 6.07) is 0. The Kier molecular flexibility index (Phi) is 6.76. The van der Waals surface area contributed by atoms with Gasteiger partial charge in [0.15, 0.2) is 0 Å². The van der Waals surface area contributed by atoms with Gasteiger partial charge in [-0.2, -0.15) is 0 Å². The van der Waals surface area contributed by atoms with E-state index in [0.29, 0.717) is 0 Å². The van der Waals surface area contributed by atoms with Crippen LogP contribution in [0.3, 0.4) is 0 Å². The number of nitrogens with zero attached hydrogens (tertiary/aromatic N) is 1. The molecular weight excluding hydrogens is 206 g/mol. The van der Waals surface area contributed by atoms with E-state index in [1.807, 2.05) is 0 Å². The standard InChI is InChI=1S/C16H27N/c1-4-6-10-15(3)14-16-11-8-7-9-13-17(16)12-5-2/h7-9,11,13,15H,4-6,10,12,14H2,1-3H3. The van der Waals surface area contributed by atoms with Crippen molar-refractivity contribution in [2.75, 3.05) is 6.54 Å². The van der Waals surface area contributed by atoms with Crippen LogP contribution in [0.2, 0.25) is 0 Å². The molecule has 0 bridgehead atoms. The minimum Gasteiger partial charge on any atom is -0.351 e. The van der Waals surface area contributed by atoms with Crippen LogP contribution in [0.25, 0.3) is 0 Å². The Hall–Kier alpha value is -0.980. The minimum atomic E-state index is 0.792. The van der Waals surface area contributed by atoms with Crippen molar-refractivity contribution in [3.8, 4) is 0 Å². The van der Waals surface area contributed by atoms with Crippen molar-refractivity contribution in [1.82, 2.24) is 4.90 Å². The van der Waals surface area contributed by atoms with Crippen molar-refractivity contribution in [3.05, 3.63) is 36.2 Å². The summed E-state index contributed by atoms with van der Waals surface area (Å²) in [6.45, 7) is 8.01. The van der Waals surface area contributed by atoms with Crippen LogP contribution in [-0.4, -0.2) is 11.4 Å². The third-order valence-corrected chi connectivity index (χ3v) is 3.22. The van der Waals surface area contributed by atoms with Crippen LogP contribution < -0.4 is 0 Å². The average Bonchev–Trinajstić information content (AvgIpc) is 2.53. The van der Waals surface area contributed by atoms with Gasteiger partial charge in [-0.15, -0.1) is 0 Å². The van der Waals surface area contributed by atoms with Crippen LogP contribution in [0.15, 0.2) is 36.2 Å². The Labute approximate surface area is 107 Å². The first-order valence-electron chi connectivity index (χ1n) is 7.08. The van der Waals surface area contributed by atoms with Gasteiger partial charge < -0.3 is 4.90 Å². The lowest BCUT2D eigenvalue weighted by molar-refractivity contribution is 0.398. The predicted octanol–water partition coefficient (Wildman–Crippen LogP) is 4.88. The van der Waals surface area contributed by atoms with Crippen LogP contribution in [0.5, 0.6) is 0 Å². The van der Waals surface area contributed by atoms with Crippen LogP contribution in [0, 0.1) is 5.92 Å². The van der Waals surface area contributed by atoms with Crippen LogP contribution in [0.1, 0.15) is 52.9 Å². The lowest BCUT2D eigenvalue weighted by Gasteiger charge is -2.25. The first kappa shape index (κ1) is 14.1. The molecule has 0 aliphatic carbocycles. The lowest BCUT2D eigenvalue weighted by Crippen LogP contribution is -2.19. The molecule has 1 unspecified atom stereocenters. The van der Waals surface area contributed by atoms with E-state index in [9.17, 15) is 0 Å². The van der Waals surface area contributed by atoms with Gasteiger partial charge in [0.05, 0.1) is 0 Å². The van der Waals surface area contributed by atoms with Gasteiger partial charge in [-0.05, 0) is 30.9 Å². The number of hydrogen-bond acceptors (Lipinski definition) is 1. The molecule has 0 saturated heterocycles. The Bertz CT molecular complexity index is 286. The monoisotopic (exact) mass is 233 g/mol. The van der Waals surface area contributed by atoms with Crippen molar-refractivity contribution in [2.45, 2.75) is 52.9 Å². The maximum atomic E-state index is 2.41. The number of rotatable bonds is 7. The number of hydrogen-bond donors (Lipinski definition) is 0. The van der Waals surface area contributed by atoms with Crippen molar-refractivity contribution >= 4 is 0 Å². The molecular formula is C16H27N. The molecule has 1 aliphatic heterocycles. The van der Waals surface area contributed by atoms with E-state index in [2.05, 4.69) is 56.2 Å². The zero-order valence-corrected chi connectivity index (χ0v) is 11.7. The Morgan fingerprint density at radius 1 is 1.12 bits per heavy atom. The van der Waals surface area contributed by atoms with Crippen molar-refractivity contribution in [1.29, 1.82) is 0 Å². The summed E-state index contributed by atoms with van der Waals surface area (Å²) in [5.41, 5.74) is 1.47. The SMILES string of the molecule is CCCCC(C)CC1=CC=CC=CN1CCC. The summed E-state index contributed by atoms with van der Waals surface area (Å²) >= 11 is 0. The largest absolute Gasteiger partial charge is 0.351 e. The molecule has 1 atom stereocenters. The second-order valence-corrected chi connectivity index (χ2v) is 5.03. The summed E-state index contributed by atoms with van der Waals surface area (Å²) in [7, 11) is 0. The molecule has 96 valence electrons. The zero-order valence-electron chi connectivity index (χ0n) is 11.7. The molecule has 0 aromatic carbocycles. The van der Waals surface area contributed by atoms with Crippen molar-refractivity contribution in [2.24, 2.45) is 5.92 Å². The third kappa shape index (κ3) is 5.25. The van der Waals surface area contributed by atoms with Gasteiger partial charge in [-0.3, -0.25) is 0 Å².